The van der Waals surface area contributed by atoms with Gasteiger partial charge in [0.15, 0.2) is 0 Å². The molecule has 2 aliphatic heterocycles. The highest BCUT2D eigenvalue weighted by Gasteiger charge is 2.26. The number of anilines is 2. The summed E-state index contributed by atoms with van der Waals surface area (Å²) in [6.45, 7) is 3.10. The number of likely N-dealkylation sites (N-methyl/N-ethyl adjacent to an activating group) is 1. The van der Waals surface area contributed by atoms with Crippen molar-refractivity contribution < 1.29 is 14.3 Å². The van der Waals surface area contributed by atoms with Crippen LogP contribution in [0.1, 0.15) is 31.2 Å². The second kappa shape index (κ2) is 9.20. The lowest BCUT2D eigenvalue weighted by Crippen LogP contribution is -2.41. The van der Waals surface area contributed by atoms with E-state index in [0.29, 0.717) is 24.6 Å². The Balaban J connectivity index is 1.39. The molecule has 158 valence electrons. The van der Waals surface area contributed by atoms with Crippen molar-refractivity contribution in [1.29, 1.82) is 0 Å². The first-order chi connectivity index (χ1) is 14.6. The Bertz CT molecular complexity index is 891. The number of hydrogen-bond acceptors (Lipinski definition) is 4. The van der Waals surface area contributed by atoms with Crippen LogP contribution in [0.5, 0.6) is 5.75 Å². The molecule has 6 nitrogen and oxygen atoms in total. The van der Waals surface area contributed by atoms with Crippen molar-refractivity contribution in [3.8, 4) is 5.75 Å². The molecule has 0 radical (unpaired) electrons. The van der Waals surface area contributed by atoms with Gasteiger partial charge in [-0.2, -0.15) is 0 Å². The van der Waals surface area contributed by atoms with Crippen molar-refractivity contribution in [2.24, 2.45) is 0 Å². The fourth-order valence-corrected chi connectivity index (χ4v) is 4.08. The maximum Gasteiger partial charge on any atom is 0.242 e. The van der Waals surface area contributed by atoms with Crippen molar-refractivity contribution in [2.45, 2.75) is 32.2 Å². The third kappa shape index (κ3) is 4.58. The number of benzene rings is 2. The van der Waals surface area contributed by atoms with Crippen LogP contribution in [0.2, 0.25) is 0 Å². The van der Waals surface area contributed by atoms with Gasteiger partial charge in [0.05, 0.1) is 18.7 Å². The van der Waals surface area contributed by atoms with E-state index >= 15 is 0 Å². The molecule has 0 bridgehead atoms. The number of hydrogen-bond donors (Lipinski definition) is 0. The van der Waals surface area contributed by atoms with Crippen molar-refractivity contribution in [1.82, 2.24) is 4.90 Å². The third-order valence-corrected chi connectivity index (χ3v) is 5.83. The van der Waals surface area contributed by atoms with E-state index in [0.717, 1.165) is 18.7 Å². The van der Waals surface area contributed by atoms with E-state index in [1.807, 2.05) is 24.3 Å². The molecule has 2 aromatic rings. The molecular weight excluding hydrogens is 378 g/mol. The number of rotatable bonds is 5. The smallest absolute Gasteiger partial charge is 0.242 e. The Labute approximate surface area is 178 Å². The van der Waals surface area contributed by atoms with Crippen LogP contribution in [0.4, 0.5) is 11.4 Å². The highest BCUT2D eigenvalue weighted by Crippen LogP contribution is 2.31. The predicted octanol–water partition coefficient (Wildman–Crippen LogP) is 3.45. The first kappa shape index (κ1) is 20.3. The largest absolute Gasteiger partial charge is 0.491 e. The number of piperidine rings is 1. The van der Waals surface area contributed by atoms with Gasteiger partial charge in [-0.05, 0) is 49.1 Å². The summed E-state index contributed by atoms with van der Waals surface area (Å²) >= 11 is 0. The first-order valence-electron chi connectivity index (χ1n) is 10.7. The first-order valence-corrected chi connectivity index (χ1v) is 10.7. The average molecular weight is 408 g/mol. The number of carbonyl (C=O) groups excluding carboxylic acids is 2. The number of fused-ring (bicyclic) bond motifs is 1. The Kier molecular flexibility index (Phi) is 6.21. The van der Waals surface area contributed by atoms with Gasteiger partial charge < -0.3 is 14.5 Å². The van der Waals surface area contributed by atoms with Gasteiger partial charge in [0.2, 0.25) is 11.8 Å². The van der Waals surface area contributed by atoms with Crippen molar-refractivity contribution in [3.05, 3.63) is 54.1 Å². The molecule has 6 heteroatoms. The van der Waals surface area contributed by atoms with Gasteiger partial charge >= 0.3 is 0 Å². The van der Waals surface area contributed by atoms with E-state index in [1.54, 1.807) is 16.8 Å². The summed E-state index contributed by atoms with van der Waals surface area (Å²) in [6.07, 6.45) is 4.09. The number of carbonyl (C=O) groups is 2. The normalized spacial score (nSPS) is 16.5. The standard InChI is InChI=1S/C24H29N3O3/c1-25(17-19-9-11-20(12-10-19)26-14-5-2-6-15-26)24(29)18-27-21-7-3-4-8-22(21)30-16-13-23(27)28/h3-4,7-12H,2,5-6,13-18H2,1H3. The Hall–Kier alpha value is -3.02. The summed E-state index contributed by atoms with van der Waals surface area (Å²) in [5, 5.41) is 0. The van der Waals surface area contributed by atoms with Crippen molar-refractivity contribution >= 4 is 23.2 Å². The Morgan fingerprint density at radius 3 is 2.53 bits per heavy atom. The summed E-state index contributed by atoms with van der Waals surface area (Å²) in [5.74, 6) is 0.458. The minimum atomic E-state index is -0.0971. The van der Waals surface area contributed by atoms with Gasteiger partial charge in [0, 0.05) is 32.4 Å². The highest BCUT2D eigenvalue weighted by molar-refractivity contribution is 6.00. The van der Waals surface area contributed by atoms with Crippen LogP contribution in [0, 0.1) is 0 Å². The number of amides is 2. The fourth-order valence-electron chi connectivity index (χ4n) is 4.08. The van der Waals surface area contributed by atoms with E-state index < -0.39 is 0 Å². The molecule has 2 heterocycles. The molecule has 30 heavy (non-hydrogen) atoms. The van der Waals surface area contributed by atoms with Crippen LogP contribution in [0.25, 0.3) is 0 Å². The minimum Gasteiger partial charge on any atom is -0.491 e. The minimum absolute atomic E-state index is 0.0154. The molecule has 0 aromatic heterocycles. The van der Waals surface area contributed by atoms with Gasteiger partial charge in [-0.3, -0.25) is 14.5 Å². The lowest BCUT2D eigenvalue weighted by Gasteiger charge is -2.29. The lowest BCUT2D eigenvalue weighted by atomic mass is 10.1. The topological polar surface area (TPSA) is 53.1 Å². The monoisotopic (exact) mass is 407 g/mol. The molecule has 4 rings (SSSR count). The fraction of sp³-hybridized carbons (Fsp3) is 0.417. The van der Waals surface area contributed by atoms with Gasteiger partial charge in [0.1, 0.15) is 12.3 Å². The lowest BCUT2D eigenvalue weighted by molar-refractivity contribution is -0.130. The number of ether oxygens (including phenoxy) is 1. The van der Waals surface area contributed by atoms with E-state index in [-0.39, 0.29) is 24.8 Å². The molecule has 0 aliphatic carbocycles. The zero-order chi connectivity index (χ0) is 20.9. The van der Waals surface area contributed by atoms with Crippen molar-refractivity contribution in [3.63, 3.8) is 0 Å². The van der Waals surface area contributed by atoms with E-state index in [9.17, 15) is 9.59 Å². The molecule has 0 atom stereocenters. The zero-order valence-electron chi connectivity index (χ0n) is 17.5. The SMILES string of the molecule is CN(Cc1ccc(N2CCCCC2)cc1)C(=O)CN1C(=O)CCOc2ccccc21. The Morgan fingerprint density at radius 2 is 1.77 bits per heavy atom. The van der Waals surface area contributed by atoms with Crippen LogP contribution < -0.4 is 14.5 Å². The third-order valence-electron chi connectivity index (χ3n) is 5.83. The van der Waals surface area contributed by atoms with Crippen LogP contribution in [-0.2, 0) is 16.1 Å². The molecule has 0 unspecified atom stereocenters. The predicted molar refractivity (Wildman–Crippen MR) is 118 cm³/mol. The maximum atomic E-state index is 12.9. The average Bonchev–Trinajstić information content (AvgIpc) is 2.93. The summed E-state index contributed by atoms with van der Waals surface area (Å²) < 4.78 is 5.66. The molecule has 2 amide bonds. The van der Waals surface area contributed by atoms with Crippen LogP contribution >= 0.6 is 0 Å². The maximum absolute atomic E-state index is 12.9. The quantitative estimate of drug-likeness (QED) is 0.762. The summed E-state index contributed by atoms with van der Waals surface area (Å²) in [5.41, 5.74) is 2.99. The number of nitrogens with zero attached hydrogens (tertiary/aromatic N) is 3. The highest BCUT2D eigenvalue weighted by atomic mass is 16.5. The molecule has 2 aliphatic rings. The van der Waals surface area contributed by atoms with Crippen molar-refractivity contribution in [2.75, 3.05) is 43.1 Å². The Morgan fingerprint density at radius 1 is 1.03 bits per heavy atom. The van der Waals surface area contributed by atoms with Crippen LogP contribution in [-0.4, -0.2) is 50.0 Å². The second-order valence-electron chi connectivity index (χ2n) is 8.01. The number of para-hydroxylation sites is 2. The molecule has 0 saturated carbocycles. The summed E-state index contributed by atoms with van der Waals surface area (Å²) in [7, 11) is 1.78. The molecule has 1 saturated heterocycles. The summed E-state index contributed by atoms with van der Waals surface area (Å²) in [6, 6.07) is 15.8. The molecule has 1 fully saturated rings. The van der Waals surface area contributed by atoms with Gasteiger partial charge in [-0.25, -0.2) is 0 Å². The summed E-state index contributed by atoms with van der Waals surface area (Å²) in [4.78, 5) is 31.1. The van der Waals surface area contributed by atoms with Gasteiger partial charge in [0.25, 0.3) is 0 Å². The molecular formula is C24H29N3O3. The molecule has 0 N–H and O–H groups in total. The van der Waals surface area contributed by atoms with E-state index in [1.165, 1.54) is 24.9 Å². The van der Waals surface area contributed by atoms with E-state index in [4.69, 9.17) is 4.74 Å². The van der Waals surface area contributed by atoms with E-state index in [2.05, 4.69) is 29.2 Å². The van der Waals surface area contributed by atoms with Crippen LogP contribution in [0.3, 0.4) is 0 Å². The second-order valence-corrected chi connectivity index (χ2v) is 8.01. The molecule has 0 spiro atoms. The van der Waals surface area contributed by atoms with Gasteiger partial charge in [-0.15, -0.1) is 0 Å². The molecule has 2 aromatic carbocycles. The zero-order valence-corrected chi connectivity index (χ0v) is 17.5. The van der Waals surface area contributed by atoms with Gasteiger partial charge in [-0.1, -0.05) is 24.3 Å². The van der Waals surface area contributed by atoms with Crippen LogP contribution in [0.15, 0.2) is 48.5 Å².